The Morgan fingerprint density at radius 3 is 2.55 bits per heavy atom. The van der Waals surface area contributed by atoms with Gasteiger partial charge in [0.2, 0.25) is 11.8 Å². The first-order valence-electron chi connectivity index (χ1n) is 11.2. The first-order valence-corrected chi connectivity index (χ1v) is 13.6. The Balaban J connectivity index is 1.45. The van der Waals surface area contributed by atoms with Crippen molar-refractivity contribution in [2.45, 2.75) is 50.3 Å². The van der Waals surface area contributed by atoms with Gasteiger partial charge in [0.25, 0.3) is 0 Å². The van der Waals surface area contributed by atoms with Crippen LogP contribution in [0.5, 0.6) is 5.75 Å². The van der Waals surface area contributed by atoms with Gasteiger partial charge in [-0.05, 0) is 68.5 Å². The number of carbonyl (C=O) groups is 1. The Morgan fingerprint density at radius 2 is 1.88 bits per heavy atom. The normalized spacial score (nSPS) is 11.9. The van der Waals surface area contributed by atoms with Crippen LogP contribution < -0.4 is 10.1 Å². The molecule has 0 aliphatic rings. The lowest BCUT2D eigenvalue weighted by Gasteiger charge is -2.15. The zero-order valence-corrected chi connectivity index (χ0v) is 21.4. The van der Waals surface area contributed by atoms with E-state index >= 15 is 0 Å². The van der Waals surface area contributed by atoms with Crippen molar-refractivity contribution in [3.63, 3.8) is 0 Å². The number of oxazole rings is 1. The second kappa shape index (κ2) is 12.8. The van der Waals surface area contributed by atoms with Crippen LogP contribution in [0.15, 0.2) is 57.8 Å². The molecule has 33 heavy (non-hydrogen) atoms. The van der Waals surface area contributed by atoms with E-state index in [9.17, 15) is 4.79 Å². The molecule has 0 spiro atoms. The summed E-state index contributed by atoms with van der Waals surface area (Å²) in [6.07, 6.45) is 4.21. The number of nitrogens with one attached hydrogen (secondary N) is 1. The van der Waals surface area contributed by atoms with Gasteiger partial charge in [0.15, 0.2) is 0 Å². The molecule has 176 valence electrons. The zero-order valence-electron chi connectivity index (χ0n) is 19.7. The molecule has 3 rings (SSSR count). The molecule has 1 N–H and O–H groups in total. The van der Waals surface area contributed by atoms with Crippen molar-refractivity contribution in [2.24, 2.45) is 0 Å². The topological polar surface area (TPSA) is 64.4 Å². The van der Waals surface area contributed by atoms with Crippen LogP contribution in [0.25, 0.3) is 11.5 Å². The second-order valence-electron chi connectivity index (χ2n) is 7.80. The van der Waals surface area contributed by atoms with Crippen molar-refractivity contribution in [3.8, 4) is 17.2 Å². The summed E-state index contributed by atoms with van der Waals surface area (Å²) in [5, 5.41) is 3.06. The van der Waals surface area contributed by atoms with E-state index in [0.717, 1.165) is 47.8 Å². The molecule has 0 fully saturated rings. The highest BCUT2D eigenvalue weighted by Crippen LogP contribution is 2.26. The molecular formula is C26H32N2O3S2. The van der Waals surface area contributed by atoms with Gasteiger partial charge in [-0.3, -0.25) is 4.79 Å². The largest absolute Gasteiger partial charge is 0.494 e. The number of rotatable bonds is 12. The zero-order chi connectivity index (χ0) is 23.6. The van der Waals surface area contributed by atoms with Gasteiger partial charge >= 0.3 is 0 Å². The average Bonchev–Trinajstić information content (AvgIpc) is 3.20. The number of aryl methyl sites for hydroxylation is 1. The summed E-state index contributed by atoms with van der Waals surface area (Å²) in [6.45, 7) is 6.79. The number of thioether (sulfide) groups is 2. The Labute approximate surface area is 205 Å². The second-order valence-corrected chi connectivity index (χ2v) is 9.67. The van der Waals surface area contributed by atoms with Crippen LogP contribution >= 0.6 is 23.5 Å². The highest BCUT2D eigenvalue weighted by atomic mass is 32.2. The molecule has 0 bridgehead atoms. The smallest absolute Gasteiger partial charge is 0.230 e. The van der Waals surface area contributed by atoms with Crippen molar-refractivity contribution in [2.75, 3.05) is 18.6 Å². The van der Waals surface area contributed by atoms with Crippen LogP contribution in [0, 0.1) is 6.92 Å². The van der Waals surface area contributed by atoms with Gasteiger partial charge in [-0.2, -0.15) is 0 Å². The molecule has 0 unspecified atom stereocenters. The van der Waals surface area contributed by atoms with Gasteiger partial charge in [-0.1, -0.05) is 25.5 Å². The summed E-state index contributed by atoms with van der Waals surface area (Å²) in [7, 11) is 0. The number of aromatic nitrogens is 1. The maximum atomic E-state index is 12.4. The highest BCUT2D eigenvalue weighted by Gasteiger charge is 2.14. The third-order valence-corrected chi connectivity index (χ3v) is 6.91. The van der Waals surface area contributed by atoms with E-state index in [-0.39, 0.29) is 11.9 Å². The van der Waals surface area contributed by atoms with E-state index in [1.54, 1.807) is 11.8 Å². The van der Waals surface area contributed by atoms with Crippen molar-refractivity contribution < 1.29 is 13.9 Å². The molecule has 5 nitrogen and oxygen atoms in total. The molecule has 0 aliphatic carbocycles. The Hall–Kier alpha value is -2.38. The first-order chi connectivity index (χ1) is 16.0. The predicted octanol–water partition coefficient (Wildman–Crippen LogP) is 6.66. The van der Waals surface area contributed by atoms with Crippen LogP contribution in [-0.2, 0) is 10.5 Å². The Morgan fingerprint density at radius 1 is 1.15 bits per heavy atom. The van der Waals surface area contributed by atoms with E-state index in [1.165, 1.54) is 16.7 Å². The van der Waals surface area contributed by atoms with Gasteiger partial charge in [-0.15, -0.1) is 23.5 Å². The lowest BCUT2D eigenvalue weighted by Crippen LogP contribution is -2.28. The van der Waals surface area contributed by atoms with E-state index in [0.29, 0.717) is 17.4 Å². The summed E-state index contributed by atoms with van der Waals surface area (Å²) in [5.41, 5.74) is 2.89. The molecule has 1 amide bonds. The third-order valence-electron chi connectivity index (χ3n) is 5.23. The van der Waals surface area contributed by atoms with E-state index in [4.69, 9.17) is 9.15 Å². The van der Waals surface area contributed by atoms with Crippen molar-refractivity contribution >= 4 is 29.4 Å². The fourth-order valence-corrected chi connectivity index (χ4v) is 4.45. The van der Waals surface area contributed by atoms with E-state index in [1.807, 2.05) is 50.2 Å². The van der Waals surface area contributed by atoms with Crippen LogP contribution in [0.2, 0.25) is 0 Å². The minimum absolute atomic E-state index is 0.00444. The molecule has 2 aromatic carbocycles. The Bertz CT molecular complexity index is 1020. The minimum atomic E-state index is -0.0626. The molecule has 0 aliphatic heterocycles. The third kappa shape index (κ3) is 7.57. The van der Waals surface area contributed by atoms with Gasteiger partial charge in [0, 0.05) is 16.2 Å². The molecule has 0 radical (unpaired) electrons. The van der Waals surface area contributed by atoms with Gasteiger partial charge in [0.05, 0.1) is 24.1 Å². The van der Waals surface area contributed by atoms with Crippen LogP contribution in [0.1, 0.15) is 49.7 Å². The molecule has 0 saturated carbocycles. The summed E-state index contributed by atoms with van der Waals surface area (Å²) < 4.78 is 11.6. The maximum Gasteiger partial charge on any atom is 0.230 e. The van der Waals surface area contributed by atoms with Crippen molar-refractivity contribution in [1.29, 1.82) is 0 Å². The summed E-state index contributed by atoms with van der Waals surface area (Å²) >= 11 is 3.24. The molecule has 3 aromatic rings. The number of hydrogen-bond donors (Lipinski definition) is 1. The minimum Gasteiger partial charge on any atom is -0.494 e. The van der Waals surface area contributed by atoms with E-state index in [2.05, 4.69) is 35.6 Å². The number of benzene rings is 2. The predicted molar refractivity (Wildman–Crippen MR) is 138 cm³/mol. The highest BCUT2D eigenvalue weighted by molar-refractivity contribution is 7.99. The lowest BCUT2D eigenvalue weighted by molar-refractivity contribution is -0.119. The molecular weight excluding hydrogens is 452 g/mol. The molecule has 1 heterocycles. The number of hydrogen-bond acceptors (Lipinski definition) is 6. The monoisotopic (exact) mass is 484 g/mol. The lowest BCUT2D eigenvalue weighted by atomic mass is 10.1. The van der Waals surface area contributed by atoms with Crippen LogP contribution in [0.4, 0.5) is 0 Å². The number of ether oxygens (including phenoxy) is 1. The fraction of sp³-hybridized carbons (Fsp3) is 0.385. The molecule has 0 saturated heterocycles. The maximum absolute atomic E-state index is 12.4. The Kier molecular flexibility index (Phi) is 9.76. The molecule has 1 atom stereocenters. The summed E-state index contributed by atoms with van der Waals surface area (Å²) in [6, 6.07) is 16.0. The van der Waals surface area contributed by atoms with Gasteiger partial charge in [0.1, 0.15) is 11.5 Å². The number of amides is 1. The number of nitrogens with zero attached hydrogens (tertiary/aromatic N) is 1. The first kappa shape index (κ1) is 25.2. The average molecular weight is 485 g/mol. The summed E-state index contributed by atoms with van der Waals surface area (Å²) in [5.74, 6) is 3.28. The quantitative estimate of drug-likeness (QED) is 0.229. The fourth-order valence-electron chi connectivity index (χ4n) is 3.21. The van der Waals surface area contributed by atoms with Crippen LogP contribution in [0.3, 0.4) is 0 Å². The van der Waals surface area contributed by atoms with Gasteiger partial charge < -0.3 is 14.5 Å². The van der Waals surface area contributed by atoms with Gasteiger partial charge in [-0.25, -0.2) is 4.98 Å². The standard InChI is InChI=1S/C26H32N2O3S2/c1-5-6-15-30-22-11-7-20(8-12-22)18(2)27-25(29)17-33-16-24-19(3)31-26(28-24)21-9-13-23(32-4)14-10-21/h7-14,18H,5-6,15-17H2,1-4H3,(H,27,29)/t18-/m1/s1. The van der Waals surface area contributed by atoms with Crippen LogP contribution in [-0.4, -0.2) is 29.5 Å². The van der Waals surface area contributed by atoms with E-state index < -0.39 is 0 Å². The number of carbonyl (C=O) groups excluding carboxylic acids is 1. The SMILES string of the molecule is CCCCOc1ccc([C@@H](C)NC(=O)CSCc2nc(-c3ccc(SC)cc3)oc2C)cc1. The summed E-state index contributed by atoms with van der Waals surface area (Å²) in [4.78, 5) is 18.3. The molecule has 7 heteroatoms. The number of unbranched alkanes of at least 4 members (excludes halogenated alkanes) is 1. The van der Waals surface area contributed by atoms with Crippen molar-refractivity contribution in [3.05, 3.63) is 65.5 Å². The van der Waals surface area contributed by atoms with Crippen molar-refractivity contribution in [1.82, 2.24) is 10.3 Å². The molecule has 1 aromatic heterocycles.